The first-order valence-corrected chi connectivity index (χ1v) is 6.82. The number of aromatic nitrogens is 3. The van der Waals surface area contributed by atoms with Gasteiger partial charge < -0.3 is 4.42 Å². The van der Waals surface area contributed by atoms with Crippen LogP contribution in [0, 0.1) is 6.92 Å². The van der Waals surface area contributed by atoms with E-state index in [-0.39, 0.29) is 17.2 Å². The predicted molar refractivity (Wildman–Crippen MR) is 85.7 cm³/mol. The highest BCUT2D eigenvalue weighted by atomic mass is 16.4. The van der Waals surface area contributed by atoms with Crippen molar-refractivity contribution in [3.63, 3.8) is 0 Å². The van der Waals surface area contributed by atoms with Crippen LogP contribution in [0.3, 0.4) is 0 Å². The monoisotopic (exact) mass is 311 g/mol. The highest BCUT2D eigenvalue weighted by Crippen LogP contribution is 2.13. The van der Waals surface area contributed by atoms with Crippen molar-refractivity contribution in [2.45, 2.75) is 13.8 Å². The maximum absolute atomic E-state index is 12.0. The third-order valence-electron chi connectivity index (χ3n) is 3.22. The molecule has 1 aromatic carbocycles. The van der Waals surface area contributed by atoms with Gasteiger partial charge in [-0.3, -0.25) is 9.78 Å². The molecule has 0 amide bonds. The summed E-state index contributed by atoms with van der Waals surface area (Å²) in [7, 11) is 0. The van der Waals surface area contributed by atoms with Crippen LogP contribution in [0.1, 0.15) is 18.2 Å². The highest BCUT2D eigenvalue weighted by Gasteiger charge is 2.08. The first kappa shape index (κ1) is 14.6. The normalized spacial score (nSPS) is 11.7. The number of benzene rings is 1. The third-order valence-corrected chi connectivity index (χ3v) is 3.22. The van der Waals surface area contributed by atoms with Crippen LogP contribution in [0.15, 0.2) is 49.4 Å². The predicted octanol–water partition coefficient (Wildman–Crippen LogP) is 1.42. The molecule has 3 aromatic rings. The number of para-hydroxylation sites is 1. The molecule has 0 bridgehead atoms. The zero-order valence-corrected chi connectivity index (χ0v) is 12.5. The van der Waals surface area contributed by atoms with Crippen LogP contribution in [-0.2, 0) is 0 Å². The van der Waals surface area contributed by atoms with Crippen LogP contribution in [-0.4, -0.2) is 20.9 Å². The van der Waals surface area contributed by atoms with E-state index in [2.05, 4.69) is 25.7 Å². The Morgan fingerprint density at radius 1 is 1.26 bits per heavy atom. The number of aromatic amines is 1. The van der Waals surface area contributed by atoms with Crippen LogP contribution >= 0.6 is 0 Å². The Hall–Kier alpha value is -3.29. The van der Waals surface area contributed by atoms with Gasteiger partial charge in [0, 0.05) is 5.39 Å². The molecule has 2 aromatic heterocycles. The number of aryl methyl sites for hydroxylation is 1. The number of hydrazone groups is 1. The smallest absolute Gasteiger partial charge is 0.345 e. The summed E-state index contributed by atoms with van der Waals surface area (Å²) in [5, 5.41) is 12.3. The minimum Gasteiger partial charge on any atom is -0.422 e. The number of fused-ring (bicyclic) bond motifs is 1. The summed E-state index contributed by atoms with van der Waals surface area (Å²) in [4.78, 5) is 25.9. The highest BCUT2D eigenvalue weighted by molar-refractivity contribution is 6.00. The largest absolute Gasteiger partial charge is 0.422 e. The SMILES string of the molecule is C/C(=N/Nc1nnc(C)c(=O)[nH]1)c1cc2ccccc2oc1=O. The summed E-state index contributed by atoms with van der Waals surface area (Å²) in [6.45, 7) is 3.19. The number of anilines is 1. The lowest BCUT2D eigenvalue weighted by Crippen LogP contribution is -2.17. The Kier molecular flexibility index (Phi) is 3.71. The van der Waals surface area contributed by atoms with Gasteiger partial charge in [-0.1, -0.05) is 18.2 Å². The van der Waals surface area contributed by atoms with Crippen LogP contribution < -0.4 is 16.6 Å². The second-order valence-electron chi connectivity index (χ2n) is 4.88. The van der Waals surface area contributed by atoms with Gasteiger partial charge in [0.25, 0.3) is 5.56 Å². The van der Waals surface area contributed by atoms with E-state index in [1.165, 1.54) is 0 Å². The molecule has 3 rings (SSSR count). The molecule has 116 valence electrons. The average molecular weight is 311 g/mol. The second-order valence-corrected chi connectivity index (χ2v) is 4.88. The van der Waals surface area contributed by atoms with Crippen molar-refractivity contribution in [2.24, 2.45) is 5.10 Å². The maximum atomic E-state index is 12.0. The van der Waals surface area contributed by atoms with Gasteiger partial charge in [-0.15, -0.1) is 10.2 Å². The summed E-state index contributed by atoms with van der Waals surface area (Å²) in [6.07, 6.45) is 0. The zero-order valence-electron chi connectivity index (χ0n) is 12.5. The molecule has 0 saturated carbocycles. The van der Waals surface area contributed by atoms with E-state index < -0.39 is 5.63 Å². The van der Waals surface area contributed by atoms with Crippen molar-refractivity contribution < 1.29 is 4.42 Å². The van der Waals surface area contributed by atoms with Gasteiger partial charge in [0.1, 0.15) is 11.3 Å². The van der Waals surface area contributed by atoms with Gasteiger partial charge in [-0.25, -0.2) is 10.2 Å². The lowest BCUT2D eigenvalue weighted by atomic mass is 10.1. The van der Waals surface area contributed by atoms with Crippen LogP contribution in [0.4, 0.5) is 5.95 Å². The van der Waals surface area contributed by atoms with E-state index >= 15 is 0 Å². The number of nitrogens with one attached hydrogen (secondary N) is 2. The number of nitrogens with zero attached hydrogens (tertiary/aromatic N) is 3. The summed E-state index contributed by atoms with van der Waals surface area (Å²) in [5.74, 6) is 0.0881. The van der Waals surface area contributed by atoms with Crippen molar-refractivity contribution in [3.05, 3.63) is 62.4 Å². The van der Waals surface area contributed by atoms with E-state index in [0.29, 0.717) is 16.9 Å². The van der Waals surface area contributed by atoms with Gasteiger partial charge >= 0.3 is 5.63 Å². The van der Waals surface area contributed by atoms with E-state index in [4.69, 9.17) is 4.42 Å². The van der Waals surface area contributed by atoms with Crippen LogP contribution in [0.5, 0.6) is 0 Å². The van der Waals surface area contributed by atoms with Crippen LogP contribution in [0.2, 0.25) is 0 Å². The van der Waals surface area contributed by atoms with Gasteiger partial charge in [-0.05, 0) is 26.0 Å². The van der Waals surface area contributed by atoms with E-state index in [0.717, 1.165) is 5.39 Å². The van der Waals surface area contributed by atoms with Crippen molar-refractivity contribution in [2.75, 3.05) is 5.43 Å². The lowest BCUT2D eigenvalue weighted by Gasteiger charge is -2.03. The van der Waals surface area contributed by atoms with Gasteiger partial charge in [-0.2, -0.15) is 5.10 Å². The molecule has 0 aliphatic heterocycles. The molecular formula is C15H13N5O3. The van der Waals surface area contributed by atoms with Gasteiger partial charge in [0.15, 0.2) is 0 Å². The second kappa shape index (κ2) is 5.84. The fourth-order valence-corrected chi connectivity index (χ4v) is 1.95. The molecule has 23 heavy (non-hydrogen) atoms. The number of H-pyrrole nitrogens is 1. The molecule has 0 radical (unpaired) electrons. The topological polar surface area (TPSA) is 113 Å². The van der Waals surface area contributed by atoms with E-state index in [1.54, 1.807) is 32.0 Å². The Labute approximate surface area is 129 Å². The van der Waals surface area contributed by atoms with Crippen LogP contribution in [0.25, 0.3) is 11.0 Å². The quantitative estimate of drug-likeness (QED) is 0.429. The molecule has 0 atom stereocenters. The molecule has 0 unspecified atom stereocenters. The van der Waals surface area contributed by atoms with Crippen molar-refractivity contribution in [3.8, 4) is 0 Å². The molecule has 8 nitrogen and oxygen atoms in total. The molecule has 2 N–H and O–H groups in total. The lowest BCUT2D eigenvalue weighted by molar-refractivity contribution is 0.559. The molecule has 2 heterocycles. The average Bonchev–Trinajstić information content (AvgIpc) is 2.55. The molecule has 0 spiro atoms. The molecule has 8 heteroatoms. The number of hydrogen-bond donors (Lipinski definition) is 2. The van der Waals surface area contributed by atoms with E-state index in [1.807, 2.05) is 12.1 Å². The molecular weight excluding hydrogens is 298 g/mol. The van der Waals surface area contributed by atoms with E-state index in [9.17, 15) is 9.59 Å². The minimum atomic E-state index is -0.491. The first-order valence-electron chi connectivity index (χ1n) is 6.82. The zero-order chi connectivity index (χ0) is 16.4. The fraction of sp³-hybridized carbons (Fsp3) is 0.133. The van der Waals surface area contributed by atoms with Gasteiger partial charge in [0.2, 0.25) is 5.95 Å². The Bertz CT molecular complexity index is 1020. The fourth-order valence-electron chi connectivity index (χ4n) is 1.95. The Balaban J connectivity index is 1.94. The molecule has 0 fully saturated rings. The summed E-state index contributed by atoms with van der Waals surface area (Å²) in [5.41, 5.74) is 3.19. The van der Waals surface area contributed by atoms with Gasteiger partial charge in [0.05, 0.1) is 11.3 Å². The maximum Gasteiger partial charge on any atom is 0.345 e. The third kappa shape index (κ3) is 3.00. The molecule has 0 aliphatic rings. The summed E-state index contributed by atoms with van der Waals surface area (Å²) < 4.78 is 5.25. The number of hydrogen-bond acceptors (Lipinski definition) is 7. The molecule has 0 saturated heterocycles. The van der Waals surface area contributed by atoms with Crippen molar-refractivity contribution in [1.29, 1.82) is 0 Å². The first-order chi connectivity index (χ1) is 11.0. The summed E-state index contributed by atoms with van der Waals surface area (Å²) >= 11 is 0. The molecule has 0 aliphatic carbocycles. The Morgan fingerprint density at radius 2 is 2.04 bits per heavy atom. The standard InChI is InChI=1S/C15H13N5O3/c1-8(17-19-15-16-13(21)9(2)18-20-15)11-7-10-5-3-4-6-12(10)23-14(11)22/h3-7H,1-2H3,(H2,16,19,20,21)/b17-8-. The minimum absolute atomic E-state index is 0.0881. The van der Waals surface area contributed by atoms with Crippen molar-refractivity contribution >= 4 is 22.6 Å². The Morgan fingerprint density at radius 3 is 2.83 bits per heavy atom. The number of rotatable bonds is 3. The van der Waals surface area contributed by atoms with Crippen molar-refractivity contribution in [1.82, 2.24) is 15.2 Å². The summed E-state index contributed by atoms with van der Waals surface area (Å²) in [6, 6.07) is 8.90.